The third-order valence-electron chi connectivity index (χ3n) is 3.43. The molecule has 0 amide bonds. The number of benzene rings is 1. The molecular formula is C15H19N3O. The molecule has 1 unspecified atom stereocenters. The Labute approximate surface area is 113 Å². The van der Waals surface area contributed by atoms with Crippen LogP contribution in [0.15, 0.2) is 42.6 Å². The normalized spacial score (nSPS) is 18.8. The minimum absolute atomic E-state index is 0.663. The maximum Gasteiger partial charge on any atom is 0.0766 e. The largest absolute Gasteiger partial charge is 0.381 e. The van der Waals surface area contributed by atoms with Crippen LogP contribution in [0.25, 0.3) is 5.69 Å². The van der Waals surface area contributed by atoms with Crippen LogP contribution >= 0.6 is 0 Å². The van der Waals surface area contributed by atoms with Crippen molar-refractivity contribution in [2.75, 3.05) is 19.8 Å². The molecule has 1 aromatic carbocycles. The summed E-state index contributed by atoms with van der Waals surface area (Å²) in [6.45, 7) is 3.63. The molecule has 2 heterocycles. The summed E-state index contributed by atoms with van der Waals surface area (Å²) in [7, 11) is 0. The average Bonchev–Trinajstić information content (AvgIpc) is 3.11. The van der Waals surface area contributed by atoms with Crippen molar-refractivity contribution in [2.45, 2.75) is 13.0 Å². The first-order valence-corrected chi connectivity index (χ1v) is 6.80. The molecule has 1 aliphatic rings. The fraction of sp³-hybridized carbons (Fsp3) is 0.400. The smallest absolute Gasteiger partial charge is 0.0766 e. The van der Waals surface area contributed by atoms with Crippen LogP contribution in [-0.4, -0.2) is 29.5 Å². The summed E-state index contributed by atoms with van der Waals surface area (Å²) in [5, 5.41) is 8.02. The summed E-state index contributed by atoms with van der Waals surface area (Å²) in [5.41, 5.74) is 2.17. The summed E-state index contributed by atoms with van der Waals surface area (Å²) in [4.78, 5) is 0. The van der Waals surface area contributed by atoms with E-state index in [0.717, 1.165) is 37.7 Å². The molecule has 0 aliphatic carbocycles. The maximum atomic E-state index is 5.36. The molecule has 100 valence electrons. The lowest BCUT2D eigenvalue weighted by Crippen LogP contribution is -2.22. The van der Waals surface area contributed by atoms with Crippen molar-refractivity contribution < 1.29 is 4.74 Å². The van der Waals surface area contributed by atoms with E-state index in [1.807, 2.05) is 29.1 Å². The number of aromatic nitrogens is 2. The van der Waals surface area contributed by atoms with Crippen LogP contribution in [0.4, 0.5) is 0 Å². The van der Waals surface area contributed by atoms with Crippen LogP contribution in [0.3, 0.4) is 0 Å². The highest BCUT2D eigenvalue weighted by molar-refractivity contribution is 5.30. The molecule has 1 aromatic heterocycles. The van der Waals surface area contributed by atoms with Gasteiger partial charge in [-0.3, -0.25) is 0 Å². The van der Waals surface area contributed by atoms with Crippen molar-refractivity contribution in [1.29, 1.82) is 0 Å². The Kier molecular flexibility index (Phi) is 3.91. The molecular weight excluding hydrogens is 238 g/mol. The summed E-state index contributed by atoms with van der Waals surface area (Å²) in [5.74, 6) is 0.663. The number of hydrogen-bond acceptors (Lipinski definition) is 3. The second-order valence-corrected chi connectivity index (χ2v) is 4.95. The minimum Gasteiger partial charge on any atom is -0.381 e. The van der Waals surface area contributed by atoms with Crippen LogP contribution in [0, 0.1) is 5.92 Å². The molecule has 0 saturated carbocycles. The van der Waals surface area contributed by atoms with Gasteiger partial charge in [-0.05, 0) is 30.5 Å². The number of ether oxygens (including phenoxy) is 1. The zero-order chi connectivity index (χ0) is 12.9. The zero-order valence-electron chi connectivity index (χ0n) is 11.0. The van der Waals surface area contributed by atoms with Gasteiger partial charge in [0.25, 0.3) is 0 Å². The maximum absolute atomic E-state index is 5.36. The van der Waals surface area contributed by atoms with Gasteiger partial charge in [0.15, 0.2) is 0 Å². The average molecular weight is 257 g/mol. The predicted molar refractivity (Wildman–Crippen MR) is 74.2 cm³/mol. The van der Waals surface area contributed by atoms with Gasteiger partial charge in [-0.25, -0.2) is 4.68 Å². The molecule has 4 nitrogen and oxygen atoms in total. The van der Waals surface area contributed by atoms with Crippen molar-refractivity contribution in [3.8, 4) is 5.69 Å². The van der Waals surface area contributed by atoms with Gasteiger partial charge < -0.3 is 10.1 Å². The van der Waals surface area contributed by atoms with Crippen LogP contribution < -0.4 is 5.32 Å². The Morgan fingerprint density at radius 3 is 2.95 bits per heavy atom. The molecule has 3 rings (SSSR count). The number of hydrogen-bond donors (Lipinski definition) is 1. The van der Waals surface area contributed by atoms with Crippen molar-refractivity contribution in [3.05, 3.63) is 48.3 Å². The molecule has 0 bridgehead atoms. The standard InChI is InChI=1S/C15H19N3O/c1-2-4-15(5-3-1)18-8-6-14(17-18)11-16-10-13-7-9-19-12-13/h1-6,8,13,16H,7,9-12H2. The van der Waals surface area contributed by atoms with Gasteiger partial charge in [0.1, 0.15) is 0 Å². The lowest BCUT2D eigenvalue weighted by atomic mass is 10.1. The fourth-order valence-corrected chi connectivity index (χ4v) is 2.33. The molecule has 1 N–H and O–H groups in total. The van der Waals surface area contributed by atoms with E-state index in [9.17, 15) is 0 Å². The molecule has 0 spiro atoms. The van der Waals surface area contributed by atoms with Gasteiger partial charge in [-0.2, -0.15) is 5.10 Å². The van der Waals surface area contributed by atoms with Gasteiger partial charge in [-0.1, -0.05) is 18.2 Å². The van der Waals surface area contributed by atoms with Crippen molar-refractivity contribution >= 4 is 0 Å². The number of rotatable bonds is 5. The summed E-state index contributed by atoms with van der Waals surface area (Å²) in [6.07, 6.45) is 3.18. The van der Waals surface area contributed by atoms with E-state index in [1.165, 1.54) is 6.42 Å². The van der Waals surface area contributed by atoms with Gasteiger partial charge in [0, 0.05) is 25.9 Å². The number of nitrogens with one attached hydrogen (secondary N) is 1. The highest BCUT2D eigenvalue weighted by Crippen LogP contribution is 2.11. The quantitative estimate of drug-likeness (QED) is 0.890. The highest BCUT2D eigenvalue weighted by Gasteiger charge is 2.14. The molecule has 1 atom stereocenters. The molecule has 0 radical (unpaired) electrons. The first-order chi connectivity index (χ1) is 9.42. The van der Waals surface area contributed by atoms with E-state index in [2.05, 4.69) is 28.6 Å². The first-order valence-electron chi connectivity index (χ1n) is 6.80. The first kappa shape index (κ1) is 12.4. The Hall–Kier alpha value is -1.65. The second-order valence-electron chi connectivity index (χ2n) is 4.95. The zero-order valence-corrected chi connectivity index (χ0v) is 11.0. The highest BCUT2D eigenvalue weighted by atomic mass is 16.5. The number of para-hydroxylation sites is 1. The Morgan fingerprint density at radius 2 is 2.16 bits per heavy atom. The van der Waals surface area contributed by atoms with E-state index < -0.39 is 0 Å². The van der Waals surface area contributed by atoms with Gasteiger partial charge in [0.05, 0.1) is 18.0 Å². The van der Waals surface area contributed by atoms with Crippen LogP contribution in [0.5, 0.6) is 0 Å². The molecule has 1 saturated heterocycles. The van der Waals surface area contributed by atoms with Gasteiger partial charge >= 0.3 is 0 Å². The van der Waals surface area contributed by atoms with E-state index >= 15 is 0 Å². The Morgan fingerprint density at radius 1 is 1.26 bits per heavy atom. The van der Waals surface area contributed by atoms with Gasteiger partial charge in [-0.15, -0.1) is 0 Å². The Bertz CT molecular complexity index is 503. The summed E-state index contributed by atoms with van der Waals surface area (Å²) in [6, 6.07) is 12.2. The topological polar surface area (TPSA) is 39.1 Å². The molecule has 19 heavy (non-hydrogen) atoms. The third-order valence-corrected chi connectivity index (χ3v) is 3.43. The molecule has 2 aromatic rings. The van der Waals surface area contributed by atoms with E-state index in [4.69, 9.17) is 4.74 Å². The second kappa shape index (κ2) is 5.99. The van der Waals surface area contributed by atoms with Crippen molar-refractivity contribution in [1.82, 2.24) is 15.1 Å². The van der Waals surface area contributed by atoms with Crippen LogP contribution in [0.1, 0.15) is 12.1 Å². The minimum atomic E-state index is 0.663. The number of nitrogens with zero attached hydrogens (tertiary/aromatic N) is 2. The molecule has 1 fully saturated rings. The van der Waals surface area contributed by atoms with Crippen LogP contribution in [-0.2, 0) is 11.3 Å². The summed E-state index contributed by atoms with van der Waals surface area (Å²) < 4.78 is 7.27. The van der Waals surface area contributed by atoms with Gasteiger partial charge in [0.2, 0.25) is 0 Å². The van der Waals surface area contributed by atoms with E-state index in [1.54, 1.807) is 0 Å². The van der Waals surface area contributed by atoms with E-state index in [0.29, 0.717) is 5.92 Å². The third kappa shape index (κ3) is 3.22. The fourth-order valence-electron chi connectivity index (χ4n) is 2.33. The lowest BCUT2D eigenvalue weighted by molar-refractivity contribution is 0.185. The van der Waals surface area contributed by atoms with E-state index in [-0.39, 0.29) is 0 Å². The predicted octanol–water partition coefficient (Wildman–Crippen LogP) is 2.00. The van der Waals surface area contributed by atoms with Crippen molar-refractivity contribution in [2.24, 2.45) is 5.92 Å². The Balaban J connectivity index is 1.53. The van der Waals surface area contributed by atoms with Crippen molar-refractivity contribution in [3.63, 3.8) is 0 Å². The molecule has 1 aliphatic heterocycles. The van der Waals surface area contributed by atoms with Crippen LogP contribution in [0.2, 0.25) is 0 Å². The SMILES string of the molecule is c1ccc(-n2ccc(CNCC3CCOC3)n2)cc1. The monoisotopic (exact) mass is 257 g/mol. The summed E-state index contributed by atoms with van der Waals surface area (Å²) >= 11 is 0. The molecule has 4 heteroatoms. The lowest BCUT2D eigenvalue weighted by Gasteiger charge is -2.07.